The first kappa shape index (κ1) is 17.3. The summed E-state index contributed by atoms with van der Waals surface area (Å²) in [6.45, 7) is 7.76. The first-order valence-electron chi connectivity index (χ1n) is 7.31. The molecule has 5 nitrogen and oxygen atoms in total. The molecule has 0 spiro atoms. The first-order valence-corrected chi connectivity index (χ1v) is 8.11. The number of esters is 1. The van der Waals surface area contributed by atoms with Gasteiger partial charge < -0.3 is 10.1 Å². The van der Waals surface area contributed by atoms with Gasteiger partial charge in [-0.15, -0.1) is 6.58 Å². The third-order valence-corrected chi connectivity index (χ3v) is 4.14. The van der Waals surface area contributed by atoms with E-state index < -0.39 is 12.0 Å². The molecule has 0 unspecified atom stereocenters. The molecule has 1 aliphatic rings. The molecule has 1 atom stereocenters. The summed E-state index contributed by atoms with van der Waals surface area (Å²) in [5.74, 6) is -0.424. The monoisotopic (exact) mass is 378 g/mol. The largest absolute Gasteiger partial charge is 0.463 e. The van der Waals surface area contributed by atoms with Crippen molar-refractivity contribution in [3.63, 3.8) is 0 Å². The fourth-order valence-electron chi connectivity index (χ4n) is 2.51. The zero-order chi connectivity index (χ0) is 17.0. The number of hydrogen-bond acceptors (Lipinski definition) is 3. The molecule has 0 radical (unpaired) electrons. The van der Waals surface area contributed by atoms with Crippen molar-refractivity contribution in [1.29, 1.82) is 0 Å². The Bertz CT molecular complexity index is 652. The van der Waals surface area contributed by atoms with Gasteiger partial charge in [0.25, 0.3) is 0 Å². The van der Waals surface area contributed by atoms with Crippen molar-refractivity contribution in [1.82, 2.24) is 10.2 Å². The molecule has 1 aromatic rings. The Morgan fingerprint density at radius 3 is 2.65 bits per heavy atom. The van der Waals surface area contributed by atoms with E-state index in [1.165, 1.54) is 4.90 Å². The second-order valence-corrected chi connectivity index (χ2v) is 5.97. The van der Waals surface area contributed by atoms with Gasteiger partial charge in [0.2, 0.25) is 0 Å². The van der Waals surface area contributed by atoms with E-state index in [1.54, 1.807) is 19.9 Å². The zero-order valence-corrected chi connectivity index (χ0v) is 14.7. The lowest BCUT2D eigenvalue weighted by Crippen LogP contribution is -2.48. The van der Waals surface area contributed by atoms with Gasteiger partial charge in [0, 0.05) is 16.7 Å². The molecule has 1 aromatic carbocycles. The van der Waals surface area contributed by atoms with Gasteiger partial charge in [-0.1, -0.05) is 34.1 Å². The molecule has 2 rings (SSSR count). The Kier molecular flexibility index (Phi) is 5.60. The van der Waals surface area contributed by atoms with Gasteiger partial charge in [-0.3, -0.25) is 4.90 Å². The Labute approximate surface area is 144 Å². The van der Waals surface area contributed by atoms with E-state index in [9.17, 15) is 9.59 Å². The molecule has 0 saturated carbocycles. The number of carbonyl (C=O) groups excluding carboxylic acids is 2. The molecule has 1 heterocycles. The molecule has 2 amide bonds. The predicted molar refractivity (Wildman–Crippen MR) is 91.7 cm³/mol. The smallest absolute Gasteiger partial charge is 0.338 e. The average molecular weight is 379 g/mol. The molecule has 23 heavy (non-hydrogen) atoms. The summed E-state index contributed by atoms with van der Waals surface area (Å²) in [5, 5.41) is 2.87. The van der Waals surface area contributed by atoms with Gasteiger partial charge in [0.1, 0.15) is 0 Å². The predicted octanol–water partition coefficient (Wildman–Crippen LogP) is 3.54. The molecule has 0 saturated heterocycles. The van der Waals surface area contributed by atoms with E-state index in [1.807, 2.05) is 24.3 Å². The quantitative estimate of drug-likeness (QED) is 0.629. The highest BCUT2D eigenvalue weighted by molar-refractivity contribution is 9.10. The summed E-state index contributed by atoms with van der Waals surface area (Å²) in [6, 6.07) is 6.68. The molecule has 0 aliphatic carbocycles. The molecule has 0 bridgehead atoms. The maximum absolute atomic E-state index is 12.4. The van der Waals surface area contributed by atoms with Crippen LogP contribution in [0.4, 0.5) is 4.79 Å². The fraction of sp³-hybridized carbons (Fsp3) is 0.294. The van der Waals surface area contributed by atoms with E-state index in [0.29, 0.717) is 17.8 Å². The maximum atomic E-state index is 12.4. The van der Waals surface area contributed by atoms with Gasteiger partial charge in [0.05, 0.1) is 18.2 Å². The Morgan fingerprint density at radius 2 is 2.09 bits per heavy atom. The molecule has 0 aromatic heterocycles. The van der Waals surface area contributed by atoms with Crippen molar-refractivity contribution in [2.75, 3.05) is 13.2 Å². The van der Waals surface area contributed by atoms with E-state index in [2.05, 4.69) is 27.8 Å². The first-order chi connectivity index (χ1) is 11.0. The maximum Gasteiger partial charge on any atom is 0.338 e. The second kappa shape index (κ2) is 7.46. The molecular formula is C17H19BrN2O3. The average Bonchev–Trinajstić information content (AvgIpc) is 2.51. The van der Waals surface area contributed by atoms with Crippen LogP contribution in [-0.2, 0) is 9.53 Å². The van der Waals surface area contributed by atoms with E-state index in [-0.39, 0.29) is 12.6 Å². The highest BCUT2D eigenvalue weighted by atomic mass is 79.9. The number of halogens is 1. The van der Waals surface area contributed by atoms with Gasteiger partial charge in [0.15, 0.2) is 0 Å². The molecule has 1 N–H and O–H groups in total. The van der Waals surface area contributed by atoms with Crippen molar-refractivity contribution in [2.24, 2.45) is 0 Å². The number of nitrogens with zero attached hydrogens (tertiary/aromatic N) is 1. The lowest BCUT2D eigenvalue weighted by molar-refractivity contribution is -0.139. The van der Waals surface area contributed by atoms with E-state index >= 15 is 0 Å². The number of nitrogens with one attached hydrogen (secondary N) is 1. The molecule has 1 aliphatic heterocycles. The van der Waals surface area contributed by atoms with Crippen LogP contribution in [0.25, 0.3) is 0 Å². The van der Waals surface area contributed by atoms with E-state index in [4.69, 9.17) is 4.74 Å². The minimum Gasteiger partial charge on any atom is -0.463 e. The van der Waals surface area contributed by atoms with Gasteiger partial charge in [-0.25, -0.2) is 9.59 Å². The van der Waals surface area contributed by atoms with Crippen LogP contribution in [0.1, 0.15) is 25.5 Å². The Hall–Kier alpha value is -2.08. The van der Waals surface area contributed by atoms with Crippen LogP contribution in [-0.4, -0.2) is 30.1 Å². The fourth-order valence-corrected chi connectivity index (χ4v) is 2.77. The number of urea groups is 1. The SMILES string of the molecule is C=CCN1C(=O)N[C@@H](c2ccc(Br)cc2)C(C(=O)OCC)=C1C. The van der Waals surface area contributed by atoms with Crippen LogP contribution in [0.2, 0.25) is 0 Å². The topological polar surface area (TPSA) is 58.6 Å². The van der Waals surface area contributed by atoms with Gasteiger partial charge >= 0.3 is 12.0 Å². The Morgan fingerprint density at radius 1 is 1.43 bits per heavy atom. The number of ether oxygens (including phenoxy) is 1. The minimum atomic E-state index is -0.532. The third-order valence-electron chi connectivity index (χ3n) is 3.61. The van der Waals surface area contributed by atoms with Crippen LogP contribution in [0.5, 0.6) is 0 Å². The van der Waals surface area contributed by atoms with Crippen LogP contribution in [0.15, 0.2) is 52.7 Å². The number of carbonyl (C=O) groups is 2. The summed E-state index contributed by atoms with van der Waals surface area (Å²) in [4.78, 5) is 26.2. The van der Waals surface area contributed by atoms with Crippen molar-refractivity contribution < 1.29 is 14.3 Å². The van der Waals surface area contributed by atoms with Crippen LogP contribution in [0.3, 0.4) is 0 Å². The third kappa shape index (κ3) is 3.64. The Balaban J connectivity index is 2.50. The lowest BCUT2D eigenvalue weighted by Gasteiger charge is -2.34. The van der Waals surface area contributed by atoms with Crippen molar-refractivity contribution in [3.05, 3.63) is 58.2 Å². The number of benzene rings is 1. The van der Waals surface area contributed by atoms with Crippen molar-refractivity contribution in [2.45, 2.75) is 19.9 Å². The molecule has 122 valence electrons. The zero-order valence-electron chi connectivity index (χ0n) is 13.1. The van der Waals surface area contributed by atoms with Crippen LogP contribution >= 0.6 is 15.9 Å². The van der Waals surface area contributed by atoms with Crippen LogP contribution < -0.4 is 5.32 Å². The van der Waals surface area contributed by atoms with Gasteiger partial charge in [-0.2, -0.15) is 0 Å². The van der Waals surface area contributed by atoms with Crippen molar-refractivity contribution in [3.8, 4) is 0 Å². The molecular weight excluding hydrogens is 360 g/mol. The minimum absolute atomic E-state index is 0.261. The van der Waals surface area contributed by atoms with Gasteiger partial charge in [-0.05, 0) is 31.5 Å². The lowest BCUT2D eigenvalue weighted by atomic mass is 9.95. The molecule has 0 fully saturated rings. The summed E-state index contributed by atoms with van der Waals surface area (Å²) in [5.41, 5.74) is 1.85. The van der Waals surface area contributed by atoms with Crippen molar-refractivity contribution >= 4 is 27.9 Å². The summed E-state index contributed by atoms with van der Waals surface area (Å²) >= 11 is 3.38. The number of amides is 2. The second-order valence-electron chi connectivity index (χ2n) is 5.05. The highest BCUT2D eigenvalue weighted by Crippen LogP contribution is 2.31. The number of allylic oxidation sites excluding steroid dienone is 1. The normalized spacial score (nSPS) is 17.8. The van der Waals surface area contributed by atoms with E-state index in [0.717, 1.165) is 10.0 Å². The highest BCUT2D eigenvalue weighted by Gasteiger charge is 2.35. The number of rotatable bonds is 5. The summed E-state index contributed by atoms with van der Waals surface area (Å²) in [6.07, 6.45) is 1.62. The molecule has 6 heteroatoms. The number of hydrogen-bond donors (Lipinski definition) is 1. The summed E-state index contributed by atoms with van der Waals surface area (Å²) in [7, 11) is 0. The van der Waals surface area contributed by atoms with Crippen LogP contribution in [0, 0.1) is 0 Å². The standard InChI is InChI=1S/C17H19BrN2O3/c1-4-10-20-11(3)14(16(21)23-5-2)15(19-17(20)22)12-6-8-13(18)9-7-12/h4,6-9,15H,1,5,10H2,2-3H3,(H,19,22)/t15-/m0/s1. The summed E-state index contributed by atoms with van der Waals surface area (Å²) < 4.78 is 6.11.